The van der Waals surface area contributed by atoms with Crippen LogP contribution in [0, 0.1) is 5.82 Å². The summed E-state index contributed by atoms with van der Waals surface area (Å²) < 4.78 is 13.6. The Bertz CT molecular complexity index is 461. The average molecular weight is 265 g/mol. The number of aromatic carboxylic acids is 1. The fraction of sp³-hybridized carbons (Fsp3) is 0.533. The summed E-state index contributed by atoms with van der Waals surface area (Å²) in [4.78, 5) is 13.1. The highest BCUT2D eigenvalue weighted by atomic mass is 19.1. The summed E-state index contributed by atoms with van der Waals surface area (Å²) in [6.07, 6.45) is 4.76. The molecule has 0 bridgehead atoms. The van der Waals surface area contributed by atoms with E-state index in [4.69, 9.17) is 5.11 Å². The first kappa shape index (κ1) is 14.0. The zero-order valence-electron chi connectivity index (χ0n) is 11.2. The van der Waals surface area contributed by atoms with Crippen LogP contribution in [0.1, 0.15) is 48.5 Å². The van der Waals surface area contributed by atoms with Crippen LogP contribution in [0.15, 0.2) is 18.2 Å². The average Bonchev–Trinajstić information content (AvgIpc) is 2.39. The highest BCUT2D eigenvalue weighted by Gasteiger charge is 2.21. The first-order valence-corrected chi connectivity index (χ1v) is 6.87. The van der Waals surface area contributed by atoms with Crippen molar-refractivity contribution in [2.45, 2.75) is 45.2 Å². The van der Waals surface area contributed by atoms with E-state index in [1.165, 1.54) is 31.4 Å². The standard InChI is InChI=1S/C15H20FNO2/c1-2-12-5-3-4-8-17(12)10-11-6-7-13(15(18)19)14(16)9-11/h6-7,9,12H,2-5,8,10H2,1H3,(H,18,19). The Balaban J connectivity index is 2.10. The van der Waals surface area contributed by atoms with Crippen molar-refractivity contribution < 1.29 is 14.3 Å². The summed E-state index contributed by atoms with van der Waals surface area (Å²) in [5, 5.41) is 8.81. The first-order valence-electron chi connectivity index (χ1n) is 6.87. The Kier molecular flexibility index (Phi) is 4.53. The molecule has 0 aromatic heterocycles. The van der Waals surface area contributed by atoms with Gasteiger partial charge in [-0.15, -0.1) is 0 Å². The SMILES string of the molecule is CCC1CCCCN1Cc1ccc(C(=O)O)c(F)c1. The molecule has 1 aliphatic heterocycles. The van der Waals surface area contributed by atoms with Gasteiger partial charge in [0.1, 0.15) is 5.82 Å². The third kappa shape index (κ3) is 3.32. The van der Waals surface area contributed by atoms with E-state index in [0.29, 0.717) is 12.6 Å². The number of hydrogen-bond acceptors (Lipinski definition) is 2. The van der Waals surface area contributed by atoms with Crippen molar-refractivity contribution in [1.29, 1.82) is 0 Å². The summed E-state index contributed by atoms with van der Waals surface area (Å²) >= 11 is 0. The molecule has 1 aliphatic rings. The van der Waals surface area contributed by atoms with Crippen molar-refractivity contribution in [2.24, 2.45) is 0 Å². The topological polar surface area (TPSA) is 40.5 Å². The van der Waals surface area contributed by atoms with E-state index < -0.39 is 11.8 Å². The van der Waals surface area contributed by atoms with E-state index in [9.17, 15) is 9.18 Å². The molecule has 1 N–H and O–H groups in total. The summed E-state index contributed by atoms with van der Waals surface area (Å²) in [5.41, 5.74) is 0.595. The Morgan fingerprint density at radius 2 is 2.26 bits per heavy atom. The molecule has 0 radical (unpaired) electrons. The van der Waals surface area contributed by atoms with Gasteiger partial charge in [-0.25, -0.2) is 9.18 Å². The number of carbonyl (C=O) groups is 1. The van der Waals surface area contributed by atoms with E-state index in [2.05, 4.69) is 11.8 Å². The van der Waals surface area contributed by atoms with E-state index in [1.54, 1.807) is 6.07 Å². The Morgan fingerprint density at radius 3 is 2.89 bits per heavy atom. The summed E-state index contributed by atoms with van der Waals surface area (Å²) in [6, 6.07) is 4.99. The van der Waals surface area contributed by atoms with Crippen molar-refractivity contribution in [2.75, 3.05) is 6.54 Å². The highest BCUT2D eigenvalue weighted by Crippen LogP contribution is 2.22. The van der Waals surface area contributed by atoms with Gasteiger partial charge >= 0.3 is 5.97 Å². The van der Waals surface area contributed by atoms with Crippen LogP contribution >= 0.6 is 0 Å². The van der Waals surface area contributed by atoms with Crippen LogP contribution in [-0.2, 0) is 6.54 Å². The number of likely N-dealkylation sites (tertiary alicyclic amines) is 1. The van der Waals surface area contributed by atoms with Crippen LogP contribution in [-0.4, -0.2) is 28.6 Å². The van der Waals surface area contributed by atoms with E-state index in [1.807, 2.05) is 0 Å². The van der Waals surface area contributed by atoms with Gasteiger partial charge in [-0.1, -0.05) is 19.4 Å². The second kappa shape index (κ2) is 6.15. The van der Waals surface area contributed by atoms with E-state index in [-0.39, 0.29) is 5.56 Å². The second-order valence-electron chi connectivity index (χ2n) is 5.15. The van der Waals surface area contributed by atoms with Crippen molar-refractivity contribution in [1.82, 2.24) is 4.90 Å². The fourth-order valence-corrected chi connectivity index (χ4v) is 2.80. The van der Waals surface area contributed by atoms with Gasteiger partial charge in [0, 0.05) is 12.6 Å². The smallest absolute Gasteiger partial charge is 0.338 e. The number of carboxylic acid groups (broad SMARTS) is 1. The van der Waals surface area contributed by atoms with Crippen LogP contribution in [0.3, 0.4) is 0 Å². The summed E-state index contributed by atoms with van der Waals surface area (Å²) in [7, 11) is 0. The molecule has 1 unspecified atom stereocenters. The molecule has 1 atom stereocenters. The minimum Gasteiger partial charge on any atom is -0.478 e. The van der Waals surface area contributed by atoms with Crippen molar-refractivity contribution >= 4 is 5.97 Å². The maximum atomic E-state index is 13.6. The fourth-order valence-electron chi connectivity index (χ4n) is 2.80. The number of rotatable bonds is 4. The molecule has 1 fully saturated rings. The highest BCUT2D eigenvalue weighted by molar-refractivity contribution is 5.87. The number of carboxylic acids is 1. The lowest BCUT2D eigenvalue weighted by molar-refractivity contribution is 0.0691. The quantitative estimate of drug-likeness (QED) is 0.908. The molecule has 1 saturated heterocycles. The summed E-state index contributed by atoms with van der Waals surface area (Å²) in [5.74, 6) is -1.86. The van der Waals surface area contributed by atoms with Crippen LogP contribution in [0.5, 0.6) is 0 Å². The van der Waals surface area contributed by atoms with Crippen molar-refractivity contribution in [3.8, 4) is 0 Å². The minimum absolute atomic E-state index is 0.255. The zero-order valence-corrected chi connectivity index (χ0v) is 11.2. The maximum absolute atomic E-state index is 13.6. The van der Waals surface area contributed by atoms with Gasteiger partial charge in [-0.3, -0.25) is 4.90 Å². The Labute approximate surface area is 113 Å². The molecule has 2 rings (SSSR count). The number of benzene rings is 1. The molecule has 0 aliphatic carbocycles. The van der Waals surface area contributed by atoms with Gasteiger partial charge in [-0.2, -0.15) is 0 Å². The maximum Gasteiger partial charge on any atom is 0.338 e. The van der Waals surface area contributed by atoms with E-state index in [0.717, 1.165) is 18.5 Å². The lowest BCUT2D eigenvalue weighted by Crippen LogP contribution is -2.38. The molecule has 1 heterocycles. The first-order chi connectivity index (χ1) is 9.11. The van der Waals surface area contributed by atoms with E-state index >= 15 is 0 Å². The molecule has 0 saturated carbocycles. The van der Waals surface area contributed by atoms with Crippen LogP contribution in [0.25, 0.3) is 0 Å². The molecule has 4 heteroatoms. The van der Waals surface area contributed by atoms with Gasteiger partial charge in [0.25, 0.3) is 0 Å². The minimum atomic E-state index is -1.21. The number of hydrogen-bond donors (Lipinski definition) is 1. The molecule has 104 valence electrons. The number of nitrogens with zero attached hydrogens (tertiary/aromatic N) is 1. The predicted octanol–water partition coefficient (Wildman–Crippen LogP) is 3.29. The Morgan fingerprint density at radius 1 is 1.47 bits per heavy atom. The van der Waals surface area contributed by atoms with Gasteiger partial charge in [-0.05, 0) is 43.5 Å². The zero-order chi connectivity index (χ0) is 13.8. The molecule has 0 amide bonds. The molecule has 1 aromatic carbocycles. The third-order valence-corrected chi connectivity index (χ3v) is 3.87. The lowest BCUT2D eigenvalue weighted by Gasteiger charge is -2.35. The lowest BCUT2D eigenvalue weighted by atomic mass is 9.99. The van der Waals surface area contributed by atoms with Crippen LogP contribution in [0.4, 0.5) is 4.39 Å². The van der Waals surface area contributed by atoms with Crippen LogP contribution in [0.2, 0.25) is 0 Å². The van der Waals surface area contributed by atoms with Gasteiger partial charge in [0.2, 0.25) is 0 Å². The monoisotopic (exact) mass is 265 g/mol. The van der Waals surface area contributed by atoms with Crippen molar-refractivity contribution in [3.63, 3.8) is 0 Å². The molecule has 3 nitrogen and oxygen atoms in total. The Hall–Kier alpha value is -1.42. The molecule has 1 aromatic rings. The van der Waals surface area contributed by atoms with Crippen LogP contribution < -0.4 is 0 Å². The third-order valence-electron chi connectivity index (χ3n) is 3.87. The predicted molar refractivity (Wildman–Crippen MR) is 71.7 cm³/mol. The molecular formula is C15H20FNO2. The molecule has 0 spiro atoms. The molecule has 19 heavy (non-hydrogen) atoms. The normalized spacial score (nSPS) is 20.4. The molecular weight excluding hydrogens is 245 g/mol. The number of piperidine rings is 1. The summed E-state index contributed by atoms with van der Waals surface area (Å²) in [6.45, 7) is 3.92. The number of halogens is 1. The van der Waals surface area contributed by atoms with Crippen molar-refractivity contribution in [3.05, 3.63) is 35.1 Å². The second-order valence-corrected chi connectivity index (χ2v) is 5.15. The van der Waals surface area contributed by atoms with Gasteiger partial charge < -0.3 is 5.11 Å². The van der Waals surface area contributed by atoms with Gasteiger partial charge in [0.05, 0.1) is 5.56 Å². The van der Waals surface area contributed by atoms with Gasteiger partial charge in [0.15, 0.2) is 0 Å². The largest absolute Gasteiger partial charge is 0.478 e.